The molecule has 3 heterocycles. The second kappa shape index (κ2) is 6.33. The van der Waals surface area contributed by atoms with Gasteiger partial charge in [0.15, 0.2) is 5.76 Å². The zero-order valence-corrected chi connectivity index (χ0v) is 14.2. The zero-order chi connectivity index (χ0) is 16.4. The van der Waals surface area contributed by atoms with Crippen molar-refractivity contribution in [2.75, 3.05) is 5.32 Å². The van der Waals surface area contributed by atoms with E-state index in [0.29, 0.717) is 12.3 Å². The maximum absolute atomic E-state index is 12.2. The van der Waals surface area contributed by atoms with Gasteiger partial charge >= 0.3 is 0 Å². The van der Waals surface area contributed by atoms with Crippen LogP contribution in [0.5, 0.6) is 0 Å². The molecule has 118 valence electrons. The fourth-order valence-corrected chi connectivity index (χ4v) is 2.44. The Kier molecular flexibility index (Phi) is 4.24. The number of carbonyl (C=O) groups is 1. The molecule has 8 heteroatoms. The van der Waals surface area contributed by atoms with Crippen molar-refractivity contribution in [2.45, 2.75) is 20.4 Å². The van der Waals surface area contributed by atoms with Gasteiger partial charge in [-0.05, 0) is 48.0 Å². The number of furan rings is 1. The van der Waals surface area contributed by atoms with E-state index in [1.807, 2.05) is 26.1 Å². The number of hydrogen-bond donors (Lipinski definition) is 1. The molecule has 7 nitrogen and oxygen atoms in total. The number of halogens is 1. The Bertz CT molecular complexity index is 835. The van der Waals surface area contributed by atoms with E-state index in [2.05, 4.69) is 36.3 Å². The third-order valence-corrected chi connectivity index (χ3v) is 3.42. The number of aryl methyl sites for hydroxylation is 2. The molecule has 0 aliphatic heterocycles. The summed E-state index contributed by atoms with van der Waals surface area (Å²) in [4.78, 5) is 20.5. The molecule has 3 aromatic rings. The number of nitrogens with one attached hydrogen (secondary N) is 1. The van der Waals surface area contributed by atoms with Crippen LogP contribution in [0.25, 0.3) is 0 Å². The first-order valence-corrected chi connectivity index (χ1v) is 7.69. The lowest BCUT2D eigenvalue weighted by Crippen LogP contribution is -2.14. The molecule has 0 aliphatic carbocycles. The number of nitrogens with zero attached hydrogens (tertiary/aromatic N) is 4. The summed E-state index contributed by atoms with van der Waals surface area (Å²) in [6.07, 6.45) is 3.51. The number of rotatable bonds is 4. The molecule has 1 N–H and O–H groups in total. The van der Waals surface area contributed by atoms with Crippen LogP contribution in [0.4, 0.5) is 5.95 Å². The third kappa shape index (κ3) is 3.84. The summed E-state index contributed by atoms with van der Waals surface area (Å²) in [5.41, 5.74) is 1.58. The van der Waals surface area contributed by atoms with Crippen LogP contribution in [0.15, 0.2) is 39.5 Å². The van der Waals surface area contributed by atoms with Crippen molar-refractivity contribution in [1.82, 2.24) is 19.7 Å². The number of hydrogen-bond acceptors (Lipinski definition) is 5. The van der Waals surface area contributed by atoms with Gasteiger partial charge in [-0.15, -0.1) is 0 Å². The fraction of sp³-hybridized carbons (Fsp3) is 0.200. The van der Waals surface area contributed by atoms with E-state index in [0.717, 1.165) is 15.9 Å². The smallest absolute Gasteiger partial charge is 0.293 e. The van der Waals surface area contributed by atoms with E-state index in [4.69, 9.17) is 4.42 Å². The Hall–Kier alpha value is -2.48. The third-order valence-electron chi connectivity index (χ3n) is 3.01. The van der Waals surface area contributed by atoms with Gasteiger partial charge in [0.25, 0.3) is 5.91 Å². The number of carbonyl (C=O) groups excluding carboxylic acids is 1. The minimum atomic E-state index is -0.386. The molecule has 1 amide bonds. The van der Waals surface area contributed by atoms with E-state index < -0.39 is 0 Å². The van der Waals surface area contributed by atoms with Crippen LogP contribution >= 0.6 is 15.9 Å². The summed E-state index contributed by atoms with van der Waals surface area (Å²) in [7, 11) is 0. The highest BCUT2D eigenvalue weighted by molar-refractivity contribution is 9.10. The first-order chi connectivity index (χ1) is 11.0. The summed E-state index contributed by atoms with van der Waals surface area (Å²) in [5, 5.41) is 6.78. The highest BCUT2D eigenvalue weighted by atomic mass is 79.9. The predicted octanol–water partition coefficient (Wildman–Crippen LogP) is 2.95. The molecule has 0 saturated heterocycles. The number of amides is 1. The van der Waals surface area contributed by atoms with Crippen molar-refractivity contribution in [3.63, 3.8) is 0 Å². The van der Waals surface area contributed by atoms with Gasteiger partial charge < -0.3 is 4.42 Å². The monoisotopic (exact) mass is 375 g/mol. The molecule has 3 aromatic heterocycles. The molecule has 0 saturated carbocycles. The topological polar surface area (TPSA) is 85.8 Å². The molecule has 0 aromatic carbocycles. The minimum Gasteiger partial charge on any atom is -0.454 e. The van der Waals surface area contributed by atoms with E-state index in [-0.39, 0.29) is 17.6 Å². The fourth-order valence-electron chi connectivity index (χ4n) is 2.11. The number of aromatic nitrogens is 4. The van der Waals surface area contributed by atoms with Crippen LogP contribution in [-0.2, 0) is 6.54 Å². The maximum Gasteiger partial charge on any atom is 0.293 e. The Morgan fingerprint density at radius 2 is 2.04 bits per heavy atom. The molecule has 0 spiro atoms. The average molecular weight is 376 g/mol. The summed E-state index contributed by atoms with van der Waals surface area (Å²) in [6, 6.07) is 5.20. The van der Waals surface area contributed by atoms with Crippen LogP contribution < -0.4 is 5.32 Å². The molecule has 0 fully saturated rings. The van der Waals surface area contributed by atoms with Gasteiger partial charge in [0.2, 0.25) is 5.95 Å². The predicted molar refractivity (Wildman–Crippen MR) is 87.2 cm³/mol. The van der Waals surface area contributed by atoms with Crippen LogP contribution in [0.3, 0.4) is 0 Å². The summed E-state index contributed by atoms with van der Waals surface area (Å²) < 4.78 is 8.14. The van der Waals surface area contributed by atoms with E-state index in [1.165, 1.54) is 0 Å². The Balaban J connectivity index is 1.70. The van der Waals surface area contributed by atoms with Gasteiger partial charge in [-0.1, -0.05) is 0 Å². The normalized spacial score (nSPS) is 10.7. The van der Waals surface area contributed by atoms with Crippen molar-refractivity contribution in [3.05, 3.63) is 58.0 Å². The molecule has 0 unspecified atom stereocenters. The molecule has 3 rings (SSSR count). The Labute approximate surface area is 140 Å². The minimum absolute atomic E-state index is 0.203. The van der Waals surface area contributed by atoms with Crippen molar-refractivity contribution < 1.29 is 9.21 Å². The van der Waals surface area contributed by atoms with Gasteiger partial charge in [0.1, 0.15) is 5.76 Å². The van der Waals surface area contributed by atoms with Crippen LogP contribution in [0.1, 0.15) is 27.7 Å². The van der Waals surface area contributed by atoms with Crippen molar-refractivity contribution in [3.8, 4) is 0 Å². The van der Waals surface area contributed by atoms with Gasteiger partial charge in [-0.2, -0.15) is 5.10 Å². The quantitative estimate of drug-likeness (QED) is 0.757. The van der Waals surface area contributed by atoms with Gasteiger partial charge in [0, 0.05) is 17.6 Å². The highest BCUT2D eigenvalue weighted by Crippen LogP contribution is 2.13. The van der Waals surface area contributed by atoms with Crippen molar-refractivity contribution in [2.24, 2.45) is 0 Å². The lowest BCUT2D eigenvalue weighted by molar-refractivity contribution is 0.0994. The largest absolute Gasteiger partial charge is 0.454 e. The molecule has 0 bridgehead atoms. The van der Waals surface area contributed by atoms with Gasteiger partial charge in [0.05, 0.1) is 17.2 Å². The summed E-state index contributed by atoms with van der Waals surface area (Å²) in [5.74, 6) is 0.713. The lowest BCUT2D eigenvalue weighted by Gasteiger charge is -2.04. The molecule has 23 heavy (non-hydrogen) atoms. The first-order valence-electron chi connectivity index (χ1n) is 6.90. The summed E-state index contributed by atoms with van der Waals surface area (Å²) in [6.45, 7) is 4.13. The molecule has 0 atom stereocenters. The Morgan fingerprint density at radius 3 is 2.70 bits per heavy atom. The SMILES string of the molecule is Cc1cc(C)nc(NC(=O)c2ccc(Cn3cc(Br)cn3)o2)n1. The second-order valence-electron chi connectivity index (χ2n) is 5.05. The van der Waals surface area contributed by atoms with E-state index in [1.54, 1.807) is 23.0 Å². The highest BCUT2D eigenvalue weighted by Gasteiger charge is 2.13. The van der Waals surface area contributed by atoms with Crippen molar-refractivity contribution in [1.29, 1.82) is 0 Å². The molecular weight excluding hydrogens is 362 g/mol. The van der Waals surface area contributed by atoms with Gasteiger partial charge in [-0.25, -0.2) is 9.97 Å². The number of anilines is 1. The standard InChI is InChI=1S/C15H14BrN5O2/c1-9-5-10(2)19-15(18-9)20-14(22)13-4-3-12(23-13)8-21-7-11(16)6-17-21/h3-7H,8H2,1-2H3,(H,18,19,20,22). The maximum atomic E-state index is 12.2. The Morgan fingerprint density at radius 1 is 1.30 bits per heavy atom. The van der Waals surface area contributed by atoms with E-state index in [9.17, 15) is 4.79 Å². The van der Waals surface area contributed by atoms with Crippen LogP contribution in [0.2, 0.25) is 0 Å². The second-order valence-corrected chi connectivity index (χ2v) is 5.97. The average Bonchev–Trinajstić information content (AvgIpc) is 3.07. The van der Waals surface area contributed by atoms with Crippen LogP contribution in [0, 0.1) is 13.8 Å². The van der Waals surface area contributed by atoms with Crippen molar-refractivity contribution >= 4 is 27.8 Å². The zero-order valence-electron chi connectivity index (χ0n) is 12.6. The summed E-state index contributed by atoms with van der Waals surface area (Å²) >= 11 is 3.33. The van der Waals surface area contributed by atoms with Gasteiger partial charge in [-0.3, -0.25) is 14.8 Å². The van der Waals surface area contributed by atoms with E-state index >= 15 is 0 Å². The molecule has 0 radical (unpaired) electrons. The molecular formula is C15H14BrN5O2. The first kappa shape index (κ1) is 15.4. The van der Waals surface area contributed by atoms with Crippen LogP contribution in [-0.4, -0.2) is 25.7 Å². The lowest BCUT2D eigenvalue weighted by atomic mass is 10.3. The molecule has 0 aliphatic rings.